The molecule has 32 heavy (non-hydrogen) atoms. The number of hydrogen-bond acceptors (Lipinski definition) is 6. The SMILES string of the molecule is CNC(=O)NC(=O)[C@@H](OC(=O)c1ccc(S(=O)(=O)N2CCCCC2)cc1)c1ccccc1. The van der Waals surface area contributed by atoms with Crippen molar-refractivity contribution in [1.29, 1.82) is 0 Å². The topological polar surface area (TPSA) is 122 Å². The summed E-state index contributed by atoms with van der Waals surface area (Å²) in [7, 11) is -2.27. The molecule has 1 atom stereocenters. The van der Waals surface area contributed by atoms with Gasteiger partial charge in [0.2, 0.25) is 16.1 Å². The van der Waals surface area contributed by atoms with E-state index in [1.807, 2.05) is 0 Å². The molecule has 1 aliphatic rings. The first kappa shape index (κ1) is 23.4. The van der Waals surface area contributed by atoms with Crippen molar-refractivity contribution in [1.82, 2.24) is 14.9 Å². The van der Waals surface area contributed by atoms with Crippen LogP contribution in [0, 0.1) is 0 Å². The van der Waals surface area contributed by atoms with Gasteiger partial charge in [-0.2, -0.15) is 4.31 Å². The Balaban J connectivity index is 1.77. The van der Waals surface area contributed by atoms with E-state index in [1.165, 1.54) is 35.6 Å². The maximum atomic E-state index is 12.8. The Morgan fingerprint density at radius 3 is 2.16 bits per heavy atom. The lowest BCUT2D eigenvalue weighted by Crippen LogP contribution is -2.41. The molecule has 2 aromatic rings. The number of ether oxygens (including phenoxy) is 1. The van der Waals surface area contributed by atoms with Gasteiger partial charge in [-0.05, 0) is 37.1 Å². The van der Waals surface area contributed by atoms with Crippen LogP contribution in [0.1, 0.15) is 41.3 Å². The van der Waals surface area contributed by atoms with Gasteiger partial charge in [0.1, 0.15) is 0 Å². The summed E-state index contributed by atoms with van der Waals surface area (Å²) in [5, 5.41) is 4.36. The highest BCUT2D eigenvalue weighted by molar-refractivity contribution is 7.89. The highest BCUT2D eigenvalue weighted by Gasteiger charge is 2.28. The molecule has 1 saturated heterocycles. The average Bonchev–Trinajstić information content (AvgIpc) is 2.83. The van der Waals surface area contributed by atoms with Gasteiger partial charge in [-0.15, -0.1) is 0 Å². The lowest BCUT2D eigenvalue weighted by atomic mass is 10.1. The van der Waals surface area contributed by atoms with Gasteiger partial charge in [0.15, 0.2) is 0 Å². The van der Waals surface area contributed by atoms with Gasteiger partial charge < -0.3 is 10.1 Å². The molecule has 3 amide bonds. The van der Waals surface area contributed by atoms with Crippen LogP contribution in [0.3, 0.4) is 0 Å². The molecule has 3 rings (SSSR count). The summed E-state index contributed by atoms with van der Waals surface area (Å²) in [5.41, 5.74) is 0.461. The molecule has 2 N–H and O–H groups in total. The minimum Gasteiger partial charge on any atom is -0.444 e. The number of esters is 1. The summed E-state index contributed by atoms with van der Waals surface area (Å²) in [6.45, 7) is 0.955. The number of rotatable bonds is 6. The maximum Gasteiger partial charge on any atom is 0.339 e. The summed E-state index contributed by atoms with van der Waals surface area (Å²) in [4.78, 5) is 36.8. The molecule has 0 bridgehead atoms. The molecule has 0 spiro atoms. The number of nitrogens with one attached hydrogen (secondary N) is 2. The van der Waals surface area contributed by atoms with Crippen molar-refractivity contribution in [3.63, 3.8) is 0 Å². The number of imide groups is 1. The van der Waals surface area contributed by atoms with E-state index in [1.54, 1.807) is 30.3 Å². The van der Waals surface area contributed by atoms with Crippen LogP contribution < -0.4 is 10.6 Å². The second-order valence-electron chi connectivity index (χ2n) is 7.25. The first-order valence-corrected chi connectivity index (χ1v) is 11.7. The molecular formula is C22H25N3O6S. The summed E-state index contributed by atoms with van der Waals surface area (Å²) >= 11 is 0. The van der Waals surface area contributed by atoms with Crippen molar-refractivity contribution in [3.05, 3.63) is 65.7 Å². The van der Waals surface area contributed by atoms with E-state index < -0.39 is 34.0 Å². The molecule has 0 unspecified atom stereocenters. The van der Waals surface area contributed by atoms with Crippen molar-refractivity contribution in [2.24, 2.45) is 0 Å². The second kappa shape index (κ2) is 10.4. The van der Waals surface area contributed by atoms with E-state index >= 15 is 0 Å². The minimum atomic E-state index is -3.63. The van der Waals surface area contributed by atoms with Gasteiger partial charge in [0.25, 0.3) is 5.91 Å². The van der Waals surface area contributed by atoms with Gasteiger partial charge in [-0.1, -0.05) is 36.8 Å². The van der Waals surface area contributed by atoms with Crippen LogP contribution in [-0.4, -0.2) is 50.8 Å². The number of sulfonamides is 1. The van der Waals surface area contributed by atoms with Crippen LogP contribution in [0.5, 0.6) is 0 Å². The molecule has 10 heteroatoms. The molecule has 1 aliphatic heterocycles. The highest BCUT2D eigenvalue weighted by Crippen LogP contribution is 2.23. The zero-order chi connectivity index (χ0) is 23.1. The van der Waals surface area contributed by atoms with Crippen molar-refractivity contribution in [3.8, 4) is 0 Å². The molecule has 2 aromatic carbocycles. The standard InChI is InChI=1S/C22H25N3O6S/c1-23-22(28)24-20(26)19(16-8-4-2-5-9-16)31-21(27)17-10-12-18(13-11-17)32(29,30)25-14-6-3-7-15-25/h2,4-5,8-13,19H,3,6-7,14-15H2,1H3,(H2,23,24,26,28)/t19-/m0/s1. The zero-order valence-corrected chi connectivity index (χ0v) is 18.4. The predicted molar refractivity (Wildman–Crippen MR) is 116 cm³/mol. The Labute approximate surface area is 186 Å². The monoisotopic (exact) mass is 459 g/mol. The number of carbonyl (C=O) groups excluding carboxylic acids is 3. The number of nitrogens with zero attached hydrogens (tertiary/aromatic N) is 1. The van der Waals surface area contributed by atoms with E-state index in [0.29, 0.717) is 18.7 Å². The quantitative estimate of drug-likeness (QED) is 0.639. The molecule has 0 aromatic heterocycles. The summed E-state index contributed by atoms with van der Waals surface area (Å²) < 4.78 is 32.4. The number of amides is 3. The molecule has 0 aliphatic carbocycles. The van der Waals surface area contributed by atoms with Crippen LogP contribution in [0.4, 0.5) is 4.79 Å². The molecule has 9 nitrogen and oxygen atoms in total. The summed E-state index contributed by atoms with van der Waals surface area (Å²) in [6.07, 6.45) is 1.29. The van der Waals surface area contributed by atoms with Crippen LogP contribution in [0.2, 0.25) is 0 Å². The Morgan fingerprint density at radius 2 is 1.56 bits per heavy atom. The predicted octanol–water partition coefficient (Wildman–Crippen LogP) is 2.21. The third-order valence-corrected chi connectivity index (χ3v) is 6.98. The molecule has 0 radical (unpaired) electrons. The molecular weight excluding hydrogens is 434 g/mol. The third kappa shape index (κ3) is 5.51. The Kier molecular flexibility index (Phi) is 7.60. The normalized spacial score (nSPS) is 15.4. The van der Waals surface area contributed by atoms with Crippen LogP contribution in [0.25, 0.3) is 0 Å². The number of carbonyl (C=O) groups is 3. The van der Waals surface area contributed by atoms with E-state index in [4.69, 9.17) is 4.74 Å². The van der Waals surface area contributed by atoms with E-state index in [0.717, 1.165) is 19.3 Å². The number of piperidine rings is 1. The molecule has 0 saturated carbocycles. The average molecular weight is 460 g/mol. The first-order chi connectivity index (χ1) is 15.3. The molecule has 1 fully saturated rings. The van der Waals surface area contributed by atoms with Crippen molar-refractivity contribution in [2.75, 3.05) is 20.1 Å². The summed E-state index contributed by atoms with van der Waals surface area (Å²) in [5.74, 6) is -1.64. The van der Waals surface area contributed by atoms with Crippen LogP contribution in [0.15, 0.2) is 59.5 Å². The summed E-state index contributed by atoms with van der Waals surface area (Å²) in [6, 6.07) is 12.9. The molecule has 170 valence electrons. The Hall–Kier alpha value is -3.24. The Morgan fingerprint density at radius 1 is 0.938 bits per heavy atom. The first-order valence-electron chi connectivity index (χ1n) is 10.2. The fourth-order valence-electron chi connectivity index (χ4n) is 3.33. The lowest BCUT2D eigenvalue weighted by Gasteiger charge is -2.25. The number of hydrogen-bond donors (Lipinski definition) is 2. The van der Waals surface area contributed by atoms with Crippen molar-refractivity contribution < 1.29 is 27.5 Å². The third-order valence-electron chi connectivity index (χ3n) is 5.07. The maximum absolute atomic E-state index is 12.8. The van der Waals surface area contributed by atoms with Gasteiger partial charge in [-0.25, -0.2) is 18.0 Å². The van der Waals surface area contributed by atoms with Crippen molar-refractivity contribution >= 4 is 27.9 Å². The lowest BCUT2D eigenvalue weighted by molar-refractivity contribution is -0.129. The molecule has 1 heterocycles. The fraction of sp³-hybridized carbons (Fsp3) is 0.318. The Bertz CT molecular complexity index is 1060. The van der Waals surface area contributed by atoms with Crippen molar-refractivity contribution in [2.45, 2.75) is 30.3 Å². The number of benzene rings is 2. The minimum absolute atomic E-state index is 0.0799. The van der Waals surface area contributed by atoms with Crippen LogP contribution in [-0.2, 0) is 19.6 Å². The van der Waals surface area contributed by atoms with E-state index in [-0.39, 0.29) is 10.5 Å². The zero-order valence-electron chi connectivity index (χ0n) is 17.6. The highest BCUT2D eigenvalue weighted by atomic mass is 32.2. The van der Waals surface area contributed by atoms with Gasteiger partial charge in [0, 0.05) is 25.7 Å². The fourth-order valence-corrected chi connectivity index (χ4v) is 4.85. The smallest absolute Gasteiger partial charge is 0.339 e. The second-order valence-corrected chi connectivity index (χ2v) is 9.19. The van der Waals surface area contributed by atoms with E-state index in [2.05, 4.69) is 10.6 Å². The van der Waals surface area contributed by atoms with E-state index in [9.17, 15) is 22.8 Å². The largest absolute Gasteiger partial charge is 0.444 e. The van der Waals surface area contributed by atoms with Crippen LogP contribution >= 0.6 is 0 Å². The number of urea groups is 1. The van der Waals surface area contributed by atoms with Gasteiger partial charge >= 0.3 is 12.0 Å². The van der Waals surface area contributed by atoms with Gasteiger partial charge in [-0.3, -0.25) is 10.1 Å². The van der Waals surface area contributed by atoms with Gasteiger partial charge in [0.05, 0.1) is 10.5 Å².